The monoisotopic (exact) mass is 272 g/mol. The van der Waals surface area contributed by atoms with Crippen molar-refractivity contribution in [3.63, 3.8) is 0 Å². The number of halogens is 1. The van der Waals surface area contributed by atoms with Gasteiger partial charge in [-0.25, -0.2) is 4.79 Å². The third-order valence-electron chi connectivity index (χ3n) is 2.62. The summed E-state index contributed by atoms with van der Waals surface area (Å²) in [5.74, 6) is -1.01. The molecule has 1 aliphatic heterocycles. The number of alkyl halides is 1. The number of dihydropyridines is 1. The molecule has 0 aliphatic carbocycles. The van der Waals surface area contributed by atoms with E-state index in [-0.39, 0.29) is 17.0 Å². The van der Waals surface area contributed by atoms with Crippen molar-refractivity contribution < 1.29 is 9.90 Å². The molecule has 0 saturated heterocycles. The van der Waals surface area contributed by atoms with E-state index in [4.69, 9.17) is 11.6 Å². The Hall–Kier alpha value is -1.00. The van der Waals surface area contributed by atoms with Crippen molar-refractivity contribution in [2.75, 3.05) is 0 Å². The van der Waals surface area contributed by atoms with Crippen molar-refractivity contribution in [3.8, 4) is 0 Å². The van der Waals surface area contributed by atoms with Gasteiger partial charge in [0.2, 0.25) is 0 Å². The zero-order chi connectivity index (χ0) is 14.1. The molecule has 0 spiro atoms. The minimum Gasteiger partial charge on any atom is -0.478 e. The predicted octanol–water partition coefficient (Wildman–Crippen LogP) is 2.42. The van der Waals surface area contributed by atoms with E-state index in [0.29, 0.717) is 5.70 Å². The van der Waals surface area contributed by atoms with E-state index in [1.807, 2.05) is 34.6 Å². The molecular weight excluding hydrogens is 252 g/mol. The van der Waals surface area contributed by atoms with Gasteiger partial charge in [-0.15, -0.1) is 0 Å². The second-order valence-corrected chi connectivity index (χ2v) is 6.39. The molecule has 0 aromatic carbocycles. The van der Waals surface area contributed by atoms with Crippen molar-refractivity contribution in [1.29, 1.82) is 0 Å². The SMILES string of the molecule is CC(C)NC1(Cl)C=CNC(C(C)(C)C)=C1C(=O)O. The van der Waals surface area contributed by atoms with E-state index in [1.165, 1.54) is 0 Å². The topological polar surface area (TPSA) is 61.4 Å². The third kappa shape index (κ3) is 3.06. The summed E-state index contributed by atoms with van der Waals surface area (Å²) < 4.78 is 0. The Morgan fingerprint density at radius 2 is 2.06 bits per heavy atom. The molecule has 102 valence electrons. The predicted molar refractivity (Wildman–Crippen MR) is 73.2 cm³/mol. The molecule has 0 saturated carbocycles. The van der Waals surface area contributed by atoms with Gasteiger partial charge in [0.25, 0.3) is 0 Å². The molecule has 18 heavy (non-hydrogen) atoms. The van der Waals surface area contributed by atoms with Crippen LogP contribution >= 0.6 is 11.6 Å². The maximum atomic E-state index is 11.6. The van der Waals surface area contributed by atoms with Crippen LogP contribution in [0.15, 0.2) is 23.5 Å². The summed E-state index contributed by atoms with van der Waals surface area (Å²) in [4.78, 5) is 10.4. The molecule has 3 N–H and O–H groups in total. The molecule has 0 fully saturated rings. The molecule has 0 aromatic rings. The first kappa shape index (κ1) is 15.1. The lowest BCUT2D eigenvalue weighted by atomic mass is 9.84. The van der Waals surface area contributed by atoms with E-state index >= 15 is 0 Å². The van der Waals surface area contributed by atoms with E-state index in [0.717, 1.165) is 0 Å². The van der Waals surface area contributed by atoms with Gasteiger partial charge in [0.15, 0.2) is 0 Å². The number of carboxylic acid groups (broad SMARTS) is 1. The lowest BCUT2D eigenvalue weighted by Crippen LogP contribution is -2.50. The number of hydrogen-bond acceptors (Lipinski definition) is 3. The molecule has 1 heterocycles. The molecule has 5 heteroatoms. The number of carbonyl (C=O) groups is 1. The molecule has 1 unspecified atom stereocenters. The number of hydrogen-bond donors (Lipinski definition) is 3. The number of aliphatic carboxylic acids is 1. The van der Waals surface area contributed by atoms with E-state index in [2.05, 4.69) is 10.6 Å². The molecule has 1 atom stereocenters. The van der Waals surface area contributed by atoms with Crippen molar-refractivity contribution in [1.82, 2.24) is 10.6 Å². The first-order valence-electron chi connectivity index (χ1n) is 5.97. The van der Waals surface area contributed by atoms with Gasteiger partial charge in [0.05, 0.1) is 5.57 Å². The second kappa shape index (κ2) is 4.94. The summed E-state index contributed by atoms with van der Waals surface area (Å²) in [6.07, 6.45) is 3.32. The largest absolute Gasteiger partial charge is 0.478 e. The molecule has 1 aliphatic rings. The van der Waals surface area contributed by atoms with Gasteiger partial charge < -0.3 is 10.4 Å². The van der Waals surface area contributed by atoms with Crippen molar-refractivity contribution >= 4 is 17.6 Å². The third-order valence-corrected chi connectivity index (χ3v) is 3.04. The minimum absolute atomic E-state index is 0.0702. The second-order valence-electron chi connectivity index (χ2n) is 5.79. The summed E-state index contributed by atoms with van der Waals surface area (Å²) in [7, 11) is 0. The van der Waals surface area contributed by atoms with Gasteiger partial charge >= 0.3 is 5.97 Å². The van der Waals surface area contributed by atoms with Crippen LogP contribution in [0, 0.1) is 5.41 Å². The molecule has 0 radical (unpaired) electrons. The Morgan fingerprint density at radius 1 is 1.50 bits per heavy atom. The summed E-state index contributed by atoms with van der Waals surface area (Å²) in [5.41, 5.74) is 0.464. The van der Waals surface area contributed by atoms with E-state index in [9.17, 15) is 9.90 Å². The summed E-state index contributed by atoms with van der Waals surface area (Å²) >= 11 is 6.46. The zero-order valence-electron chi connectivity index (χ0n) is 11.5. The van der Waals surface area contributed by atoms with Crippen LogP contribution in [0.1, 0.15) is 34.6 Å². The standard InChI is InChI=1S/C13H21ClN2O2/c1-8(2)16-13(14)6-7-15-10(12(3,4)5)9(13)11(17)18/h6-8,15-16H,1-5H3,(H,17,18). The highest BCUT2D eigenvalue weighted by molar-refractivity contribution is 6.30. The van der Waals surface area contributed by atoms with Gasteiger partial charge in [0, 0.05) is 23.4 Å². The maximum absolute atomic E-state index is 11.6. The molecule has 4 nitrogen and oxygen atoms in total. The van der Waals surface area contributed by atoms with E-state index < -0.39 is 11.0 Å². The Balaban J connectivity index is 3.35. The normalized spacial score (nSPS) is 24.4. The van der Waals surface area contributed by atoms with E-state index in [1.54, 1.807) is 12.3 Å². The highest BCUT2D eigenvalue weighted by Gasteiger charge is 2.41. The van der Waals surface area contributed by atoms with Crippen molar-refractivity contribution in [3.05, 3.63) is 23.5 Å². The number of nitrogens with one attached hydrogen (secondary N) is 2. The van der Waals surface area contributed by atoms with Gasteiger partial charge in [-0.05, 0) is 19.9 Å². The average molecular weight is 273 g/mol. The van der Waals surface area contributed by atoms with Crippen molar-refractivity contribution in [2.24, 2.45) is 5.41 Å². The Bertz CT molecular complexity index is 408. The van der Waals surface area contributed by atoms with Crippen LogP contribution in [0.5, 0.6) is 0 Å². The fraction of sp³-hybridized carbons (Fsp3) is 0.615. The Morgan fingerprint density at radius 3 is 2.44 bits per heavy atom. The molecule has 1 rings (SSSR count). The smallest absolute Gasteiger partial charge is 0.336 e. The summed E-state index contributed by atoms with van der Waals surface area (Å²) in [6.45, 7) is 9.70. The van der Waals surface area contributed by atoms with Crippen LogP contribution in [0.2, 0.25) is 0 Å². The fourth-order valence-corrected chi connectivity index (χ4v) is 2.43. The first-order chi connectivity index (χ1) is 8.08. The first-order valence-corrected chi connectivity index (χ1v) is 6.35. The van der Waals surface area contributed by atoms with Gasteiger partial charge in [0.1, 0.15) is 5.00 Å². The summed E-state index contributed by atoms with van der Waals surface area (Å²) in [6, 6.07) is 0.0702. The van der Waals surface area contributed by atoms with Crippen LogP contribution in [-0.2, 0) is 4.79 Å². The fourth-order valence-electron chi connectivity index (χ4n) is 1.97. The van der Waals surface area contributed by atoms with Crippen LogP contribution in [0.3, 0.4) is 0 Å². The van der Waals surface area contributed by atoms with Crippen molar-refractivity contribution in [2.45, 2.75) is 45.7 Å². The summed E-state index contributed by atoms with van der Waals surface area (Å²) in [5, 5.41) is 15.6. The van der Waals surface area contributed by atoms with Crippen LogP contribution in [0.4, 0.5) is 0 Å². The number of carboxylic acids is 1. The lowest BCUT2D eigenvalue weighted by molar-refractivity contribution is -0.133. The molecular formula is C13H21ClN2O2. The van der Waals surface area contributed by atoms with Gasteiger partial charge in [-0.1, -0.05) is 32.4 Å². The molecule has 0 bridgehead atoms. The lowest BCUT2D eigenvalue weighted by Gasteiger charge is -2.36. The number of allylic oxidation sites excluding steroid dienone is 1. The highest BCUT2D eigenvalue weighted by atomic mass is 35.5. The minimum atomic E-state index is -1.17. The number of rotatable bonds is 3. The van der Waals surface area contributed by atoms with Crippen LogP contribution in [-0.4, -0.2) is 22.1 Å². The van der Waals surface area contributed by atoms with Crippen LogP contribution < -0.4 is 10.6 Å². The zero-order valence-corrected chi connectivity index (χ0v) is 12.2. The highest BCUT2D eigenvalue weighted by Crippen LogP contribution is 2.36. The Kier molecular flexibility index (Phi) is 4.13. The average Bonchev–Trinajstić information content (AvgIpc) is 2.12. The molecule has 0 aromatic heterocycles. The van der Waals surface area contributed by atoms with Gasteiger partial charge in [-0.2, -0.15) is 0 Å². The van der Waals surface area contributed by atoms with Crippen LogP contribution in [0.25, 0.3) is 0 Å². The quantitative estimate of drug-likeness (QED) is 0.545. The van der Waals surface area contributed by atoms with Gasteiger partial charge in [-0.3, -0.25) is 5.32 Å². The Labute approximate surface area is 113 Å². The molecule has 0 amide bonds. The maximum Gasteiger partial charge on any atom is 0.336 e.